The lowest BCUT2D eigenvalue weighted by Crippen LogP contribution is -2.32. The summed E-state index contributed by atoms with van der Waals surface area (Å²) in [7, 11) is 0. The van der Waals surface area contributed by atoms with E-state index >= 15 is 0 Å². The van der Waals surface area contributed by atoms with E-state index in [2.05, 4.69) is 0 Å². The van der Waals surface area contributed by atoms with Crippen molar-refractivity contribution in [2.45, 2.75) is 32.4 Å². The molecule has 3 rings (SSSR count). The van der Waals surface area contributed by atoms with Crippen LogP contribution >= 0.6 is 0 Å². The second-order valence-corrected chi connectivity index (χ2v) is 7.60. The van der Waals surface area contributed by atoms with E-state index in [9.17, 15) is 19.1 Å². The number of rotatable bonds is 9. The van der Waals surface area contributed by atoms with Crippen molar-refractivity contribution in [3.05, 3.63) is 88.9 Å². The lowest BCUT2D eigenvalue weighted by molar-refractivity contribution is -0.129. The lowest BCUT2D eigenvalue weighted by atomic mass is 9.95. The Kier molecular flexibility index (Phi) is 7.36. The van der Waals surface area contributed by atoms with Crippen molar-refractivity contribution in [1.29, 1.82) is 0 Å². The number of nitrogens with zero attached hydrogens (tertiary/aromatic N) is 1. The lowest BCUT2D eigenvalue weighted by Gasteiger charge is -2.26. The zero-order valence-corrected chi connectivity index (χ0v) is 17.6. The molecule has 2 aromatic rings. The Labute approximate surface area is 181 Å². The van der Waals surface area contributed by atoms with Gasteiger partial charge in [-0.2, -0.15) is 0 Å². The van der Waals surface area contributed by atoms with Gasteiger partial charge in [-0.1, -0.05) is 48.5 Å². The molecule has 0 aliphatic carbocycles. The van der Waals surface area contributed by atoms with Gasteiger partial charge >= 0.3 is 0 Å². The number of carbonyl (C=O) groups is 2. The molecule has 1 atom stereocenters. The van der Waals surface area contributed by atoms with Crippen LogP contribution in [0, 0.1) is 5.82 Å². The molecular formula is C25H26FNO4. The van der Waals surface area contributed by atoms with Gasteiger partial charge in [-0.25, -0.2) is 4.39 Å². The largest absolute Gasteiger partial charge is 0.503 e. The molecule has 0 spiro atoms. The Morgan fingerprint density at radius 2 is 1.94 bits per heavy atom. The minimum Gasteiger partial charge on any atom is -0.503 e. The van der Waals surface area contributed by atoms with Crippen LogP contribution in [0.1, 0.15) is 37.4 Å². The quantitative estimate of drug-likeness (QED) is 0.472. The first-order valence-electron chi connectivity index (χ1n) is 10.3. The molecule has 5 nitrogen and oxygen atoms in total. The molecule has 0 saturated heterocycles. The third-order valence-corrected chi connectivity index (χ3v) is 4.95. The van der Waals surface area contributed by atoms with Crippen molar-refractivity contribution < 1.29 is 23.8 Å². The van der Waals surface area contributed by atoms with Crippen molar-refractivity contribution >= 4 is 17.8 Å². The zero-order chi connectivity index (χ0) is 22.4. The molecule has 1 N–H and O–H groups in total. The number of ketones is 1. The molecule has 0 radical (unpaired) electrons. The Morgan fingerprint density at radius 3 is 2.61 bits per heavy atom. The molecule has 162 valence electrons. The van der Waals surface area contributed by atoms with Gasteiger partial charge in [-0.05, 0) is 49.6 Å². The van der Waals surface area contributed by atoms with Gasteiger partial charge in [-0.3, -0.25) is 9.59 Å². The smallest absolute Gasteiger partial charge is 0.290 e. The maximum absolute atomic E-state index is 13.9. The Morgan fingerprint density at radius 1 is 1.19 bits per heavy atom. The first kappa shape index (κ1) is 22.4. The van der Waals surface area contributed by atoms with Crippen molar-refractivity contribution in [2.75, 3.05) is 13.2 Å². The topological polar surface area (TPSA) is 66.8 Å². The van der Waals surface area contributed by atoms with E-state index in [1.165, 1.54) is 29.2 Å². The van der Waals surface area contributed by atoms with Gasteiger partial charge < -0.3 is 14.7 Å². The first-order chi connectivity index (χ1) is 14.9. The van der Waals surface area contributed by atoms with Gasteiger partial charge in [0.1, 0.15) is 5.82 Å². The monoisotopic (exact) mass is 423 g/mol. The van der Waals surface area contributed by atoms with Gasteiger partial charge in [0.25, 0.3) is 5.91 Å². The summed E-state index contributed by atoms with van der Waals surface area (Å²) in [6.45, 7) is 4.52. The molecule has 1 amide bonds. The van der Waals surface area contributed by atoms with E-state index in [-0.39, 0.29) is 18.2 Å². The molecule has 0 saturated carbocycles. The van der Waals surface area contributed by atoms with Crippen LogP contribution in [-0.4, -0.2) is 41.0 Å². The summed E-state index contributed by atoms with van der Waals surface area (Å²) in [5, 5.41) is 10.5. The summed E-state index contributed by atoms with van der Waals surface area (Å²) in [6.07, 6.45) is 3.52. The van der Waals surface area contributed by atoms with Crippen molar-refractivity contribution in [2.24, 2.45) is 0 Å². The van der Waals surface area contributed by atoms with Crippen LogP contribution in [0.4, 0.5) is 4.39 Å². The van der Waals surface area contributed by atoms with Crippen LogP contribution in [-0.2, 0) is 14.3 Å². The number of hydrogen-bond donors (Lipinski definition) is 1. The molecule has 1 aliphatic rings. The van der Waals surface area contributed by atoms with E-state index in [1.807, 2.05) is 44.2 Å². The van der Waals surface area contributed by atoms with Crippen molar-refractivity contribution in [3.63, 3.8) is 0 Å². The number of ether oxygens (including phenoxy) is 1. The molecular weight excluding hydrogens is 397 g/mol. The summed E-state index contributed by atoms with van der Waals surface area (Å²) in [4.78, 5) is 27.2. The number of halogens is 1. The number of aliphatic hydroxyl groups is 1. The van der Waals surface area contributed by atoms with E-state index in [1.54, 1.807) is 12.1 Å². The SMILES string of the molecule is CC(C)OCCCN1C(=O)C(O)=C(C(=O)/C=C/c2ccccc2)[C@H]1c1cccc(F)c1. The zero-order valence-electron chi connectivity index (χ0n) is 17.6. The predicted molar refractivity (Wildman–Crippen MR) is 117 cm³/mol. The van der Waals surface area contributed by atoms with Crippen LogP contribution < -0.4 is 0 Å². The standard InChI is InChI=1S/C25H26FNO4/c1-17(2)31-15-7-14-27-23(19-10-6-11-20(26)16-19)22(24(29)25(27)30)21(28)13-12-18-8-4-3-5-9-18/h3-6,8-13,16-17,23,29H,7,14-15H2,1-2H3/b13-12+/t23-/m1/s1. The van der Waals surface area contributed by atoms with E-state index < -0.39 is 29.3 Å². The number of aliphatic hydroxyl groups excluding tert-OH is 1. The summed E-state index contributed by atoms with van der Waals surface area (Å²) < 4.78 is 19.5. The molecule has 2 aromatic carbocycles. The highest BCUT2D eigenvalue weighted by Gasteiger charge is 2.42. The predicted octanol–water partition coefficient (Wildman–Crippen LogP) is 4.62. The summed E-state index contributed by atoms with van der Waals surface area (Å²) >= 11 is 0. The molecule has 0 fully saturated rings. The highest BCUT2D eigenvalue weighted by atomic mass is 19.1. The van der Waals surface area contributed by atoms with Crippen molar-refractivity contribution in [3.8, 4) is 0 Å². The molecule has 0 unspecified atom stereocenters. The van der Waals surface area contributed by atoms with Gasteiger partial charge in [0.15, 0.2) is 11.5 Å². The summed E-state index contributed by atoms with van der Waals surface area (Å²) in [5.41, 5.74) is 1.19. The average molecular weight is 423 g/mol. The minimum absolute atomic E-state index is 0.0486. The van der Waals surface area contributed by atoms with Crippen LogP contribution in [0.25, 0.3) is 6.08 Å². The van der Waals surface area contributed by atoms with E-state index in [0.717, 1.165) is 5.56 Å². The van der Waals surface area contributed by atoms with E-state index in [0.29, 0.717) is 18.6 Å². The molecule has 31 heavy (non-hydrogen) atoms. The number of amides is 1. The first-order valence-corrected chi connectivity index (χ1v) is 10.3. The third-order valence-electron chi connectivity index (χ3n) is 4.95. The number of allylic oxidation sites excluding steroid dienone is 1. The Balaban J connectivity index is 1.90. The normalized spacial score (nSPS) is 16.7. The fraction of sp³-hybridized carbons (Fsp3) is 0.280. The minimum atomic E-state index is -0.866. The summed E-state index contributed by atoms with van der Waals surface area (Å²) in [6, 6.07) is 14.1. The van der Waals surface area contributed by atoms with Crippen LogP contribution in [0.3, 0.4) is 0 Å². The second kappa shape index (κ2) is 10.2. The van der Waals surface area contributed by atoms with Crippen molar-refractivity contribution in [1.82, 2.24) is 4.90 Å². The molecule has 6 heteroatoms. The number of benzene rings is 2. The van der Waals surface area contributed by atoms with Crippen LogP contribution in [0.2, 0.25) is 0 Å². The van der Waals surface area contributed by atoms with Gasteiger partial charge in [0, 0.05) is 13.2 Å². The van der Waals surface area contributed by atoms with Gasteiger partial charge in [0.05, 0.1) is 17.7 Å². The molecule has 1 heterocycles. The maximum atomic E-state index is 13.9. The molecule has 0 aromatic heterocycles. The highest BCUT2D eigenvalue weighted by molar-refractivity contribution is 6.14. The fourth-order valence-electron chi connectivity index (χ4n) is 3.54. The van der Waals surface area contributed by atoms with Crippen LogP contribution in [0.15, 0.2) is 72.0 Å². The molecule has 0 bridgehead atoms. The molecule has 1 aliphatic heterocycles. The highest BCUT2D eigenvalue weighted by Crippen LogP contribution is 2.38. The Bertz CT molecular complexity index is 998. The summed E-state index contributed by atoms with van der Waals surface area (Å²) in [5.74, 6) is -2.21. The van der Waals surface area contributed by atoms with Gasteiger partial charge in [-0.15, -0.1) is 0 Å². The second-order valence-electron chi connectivity index (χ2n) is 7.60. The van der Waals surface area contributed by atoms with E-state index in [4.69, 9.17) is 4.74 Å². The maximum Gasteiger partial charge on any atom is 0.290 e. The van der Waals surface area contributed by atoms with Crippen LogP contribution in [0.5, 0.6) is 0 Å². The van der Waals surface area contributed by atoms with Gasteiger partial charge in [0.2, 0.25) is 0 Å². The fourth-order valence-corrected chi connectivity index (χ4v) is 3.54. The number of carbonyl (C=O) groups excluding carboxylic acids is 2. The average Bonchev–Trinajstić information content (AvgIpc) is 3.00. The Hall–Kier alpha value is -3.25. The number of hydrogen-bond acceptors (Lipinski definition) is 4. The third kappa shape index (κ3) is 5.47.